The molecule has 3 nitrogen and oxygen atoms in total. The Bertz CT molecular complexity index is 463. The van der Waals surface area contributed by atoms with Crippen molar-refractivity contribution in [3.63, 3.8) is 0 Å². The Morgan fingerprint density at radius 3 is 2.65 bits per heavy atom. The molecule has 1 aromatic carbocycles. The van der Waals surface area contributed by atoms with Crippen LogP contribution >= 0.6 is 11.6 Å². The molecule has 1 N–H and O–H groups in total. The van der Waals surface area contributed by atoms with Crippen molar-refractivity contribution in [1.29, 1.82) is 0 Å². The van der Waals surface area contributed by atoms with E-state index >= 15 is 0 Å². The van der Waals surface area contributed by atoms with Crippen molar-refractivity contribution in [2.75, 3.05) is 19.0 Å². The summed E-state index contributed by atoms with van der Waals surface area (Å²) >= 11 is 5.48. The molecule has 0 spiro atoms. The molecule has 0 saturated heterocycles. The lowest BCUT2D eigenvalue weighted by molar-refractivity contribution is 0.0594. The molecule has 0 aliphatic heterocycles. The first-order valence-corrected chi connectivity index (χ1v) is 4.98. The molecule has 0 saturated carbocycles. The number of anilines is 1. The monoisotopic (exact) mass is 261 g/mol. The third kappa shape index (κ3) is 3.17. The molecular formula is C11H10ClF2NO2. The van der Waals surface area contributed by atoms with Crippen molar-refractivity contribution >= 4 is 23.3 Å². The summed E-state index contributed by atoms with van der Waals surface area (Å²) in [5.74, 6) is -3.36. The van der Waals surface area contributed by atoms with Crippen LogP contribution in [0.2, 0.25) is 0 Å². The lowest BCUT2D eigenvalue weighted by atomic mass is 10.2. The summed E-state index contributed by atoms with van der Waals surface area (Å²) in [4.78, 5) is 11.1. The van der Waals surface area contributed by atoms with Crippen molar-refractivity contribution in [2.24, 2.45) is 0 Å². The molecule has 17 heavy (non-hydrogen) atoms. The third-order valence-corrected chi connectivity index (χ3v) is 2.09. The summed E-state index contributed by atoms with van der Waals surface area (Å²) < 4.78 is 31.3. The zero-order chi connectivity index (χ0) is 13.0. The molecule has 0 aliphatic rings. The van der Waals surface area contributed by atoms with Crippen molar-refractivity contribution in [3.05, 3.63) is 40.9 Å². The van der Waals surface area contributed by atoms with Crippen LogP contribution in [0.25, 0.3) is 0 Å². The third-order valence-electron chi connectivity index (χ3n) is 1.96. The smallest absolute Gasteiger partial charge is 0.340 e. The van der Waals surface area contributed by atoms with Crippen molar-refractivity contribution in [1.82, 2.24) is 0 Å². The number of carbonyl (C=O) groups is 1. The summed E-state index contributed by atoms with van der Waals surface area (Å²) in [6.07, 6.45) is 0. The van der Waals surface area contributed by atoms with Crippen molar-refractivity contribution in [2.45, 2.75) is 0 Å². The molecule has 0 bridgehead atoms. The second-order valence-corrected chi connectivity index (χ2v) is 3.69. The highest BCUT2D eigenvalue weighted by atomic mass is 35.5. The van der Waals surface area contributed by atoms with E-state index < -0.39 is 23.2 Å². The van der Waals surface area contributed by atoms with Crippen LogP contribution in [0.4, 0.5) is 14.5 Å². The second kappa shape index (κ2) is 5.63. The van der Waals surface area contributed by atoms with Gasteiger partial charge in [-0.25, -0.2) is 13.6 Å². The van der Waals surface area contributed by atoms with E-state index in [1.165, 1.54) is 6.07 Å². The first-order valence-electron chi connectivity index (χ1n) is 4.60. The van der Waals surface area contributed by atoms with Gasteiger partial charge in [0.15, 0.2) is 11.6 Å². The van der Waals surface area contributed by atoms with Crippen LogP contribution in [-0.4, -0.2) is 19.6 Å². The zero-order valence-electron chi connectivity index (χ0n) is 9.02. The maximum absolute atomic E-state index is 13.5. The topological polar surface area (TPSA) is 38.3 Å². The van der Waals surface area contributed by atoms with Crippen LogP contribution in [-0.2, 0) is 4.74 Å². The number of methoxy groups -OCH3 is 1. The second-order valence-electron chi connectivity index (χ2n) is 3.15. The number of benzene rings is 1. The van der Waals surface area contributed by atoms with Crippen molar-refractivity contribution < 1.29 is 18.3 Å². The normalized spacial score (nSPS) is 9.88. The van der Waals surface area contributed by atoms with Crippen molar-refractivity contribution in [3.8, 4) is 0 Å². The summed E-state index contributed by atoms with van der Waals surface area (Å²) in [5.41, 5.74) is -0.558. The van der Waals surface area contributed by atoms with E-state index in [1.54, 1.807) is 0 Å². The molecular weight excluding hydrogens is 252 g/mol. The zero-order valence-corrected chi connectivity index (χ0v) is 9.78. The largest absolute Gasteiger partial charge is 0.465 e. The van der Waals surface area contributed by atoms with Crippen LogP contribution < -0.4 is 5.32 Å². The summed E-state index contributed by atoms with van der Waals surface area (Å²) in [6, 6.07) is 2.36. The Kier molecular flexibility index (Phi) is 4.45. The molecule has 1 aromatic rings. The van der Waals surface area contributed by atoms with Gasteiger partial charge in [0.25, 0.3) is 0 Å². The number of ether oxygens (including phenoxy) is 1. The van der Waals surface area contributed by atoms with Gasteiger partial charge in [-0.2, -0.15) is 0 Å². The maximum Gasteiger partial charge on any atom is 0.340 e. The number of hydrogen-bond acceptors (Lipinski definition) is 3. The highest BCUT2D eigenvalue weighted by molar-refractivity contribution is 6.29. The Balaban J connectivity index is 3.02. The average molecular weight is 262 g/mol. The van der Waals surface area contributed by atoms with Gasteiger partial charge in [0.1, 0.15) is 0 Å². The van der Waals surface area contributed by atoms with Gasteiger partial charge in [-0.3, -0.25) is 0 Å². The number of hydrogen-bond donors (Lipinski definition) is 1. The lowest BCUT2D eigenvalue weighted by Crippen LogP contribution is -2.09. The molecule has 6 heteroatoms. The number of esters is 1. The summed E-state index contributed by atoms with van der Waals surface area (Å²) in [6.45, 7) is 3.49. The van der Waals surface area contributed by atoms with Crippen LogP contribution in [0.1, 0.15) is 10.4 Å². The number of halogens is 3. The van der Waals surface area contributed by atoms with E-state index in [4.69, 9.17) is 11.6 Å². The molecule has 0 heterocycles. The van der Waals surface area contributed by atoms with E-state index in [0.29, 0.717) is 0 Å². The molecule has 1 rings (SSSR count). The van der Waals surface area contributed by atoms with Crippen LogP contribution in [0.5, 0.6) is 0 Å². The molecule has 0 aliphatic carbocycles. The van der Waals surface area contributed by atoms with E-state index in [9.17, 15) is 13.6 Å². The molecule has 0 atom stereocenters. The lowest BCUT2D eigenvalue weighted by Gasteiger charge is -2.09. The van der Waals surface area contributed by atoms with E-state index in [1.807, 2.05) is 0 Å². The Hall–Kier alpha value is -1.62. The molecule has 0 radical (unpaired) electrons. The van der Waals surface area contributed by atoms with Crippen LogP contribution in [0, 0.1) is 11.6 Å². The van der Waals surface area contributed by atoms with Gasteiger partial charge in [0.2, 0.25) is 0 Å². The van der Waals surface area contributed by atoms with Crippen LogP contribution in [0.15, 0.2) is 23.7 Å². The van der Waals surface area contributed by atoms with E-state index in [-0.39, 0.29) is 17.3 Å². The Morgan fingerprint density at radius 1 is 1.47 bits per heavy atom. The molecule has 92 valence electrons. The predicted molar refractivity (Wildman–Crippen MR) is 61.2 cm³/mol. The highest BCUT2D eigenvalue weighted by Gasteiger charge is 2.18. The number of rotatable bonds is 4. The summed E-state index contributed by atoms with van der Waals surface area (Å²) in [5, 5.41) is 2.79. The first-order chi connectivity index (χ1) is 7.97. The minimum absolute atomic E-state index is 0.0927. The minimum Gasteiger partial charge on any atom is -0.465 e. The number of carbonyl (C=O) groups excluding carboxylic acids is 1. The van der Waals surface area contributed by atoms with Crippen LogP contribution in [0.3, 0.4) is 0 Å². The summed E-state index contributed by atoms with van der Waals surface area (Å²) in [7, 11) is 1.09. The number of nitrogens with one attached hydrogen (secondary N) is 1. The van der Waals surface area contributed by atoms with Gasteiger partial charge in [0, 0.05) is 5.03 Å². The SMILES string of the molecule is C=C(Cl)CNc1ccc(C(=O)OC)c(F)c1F. The standard InChI is InChI=1S/C11H10ClF2NO2/c1-6(12)5-15-8-4-3-7(11(16)17-2)9(13)10(8)14/h3-4,15H,1,5H2,2H3. The quantitative estimate of drug-likeness (QED) is 0.847. The minimum atomic E-state index is -1.26. The maximum atomic E-state index is 13.5. The molecule has 0 amide bonds. The fourth-order valence-electron chi connectivity index (χ4n) is 1.14. The first kappa shape index (κ1) is 13.4. The highest BCUT2D eigenvalue weighted by Crippen LogP contribution is 2.21. The predicted octanol–water partition coefficient (Wildman–Crippen LogP) is 2.92. The van der Waals surface area contributed by atoms with E-state index in [0.717, 1.165) is 13.2 Å². The molecule has 0 unspecified atom stereocenters. The van der Waals surface area contributed by atoms with Gasteiger partial charge >= 0.3 is 5.97 Å². The Morgan fingerprint density at radius 2 is 2.12 bits per heavy atom. The fourth-order valence-corrected chi connectivity index (χ4v) is 1.21. The average Bonchev–Trinajstić information content (AvgIpc) is 2.30. The van der Waals surface area contributed by atoms with Gasteiger partial charge in [-0.1, -0.05) is 18.2 Å². The van der Waals surface area contributed by atoms with Gasteiger partial charge in [0.05, 0.1) is 24.9 Å². The van der Waals surface area contributed by atoms with Gasteiger partial charge < -0.3 is 10.1 Å². The Labute approximate surface area is 102 Å². The molecule has 0 aromatic heterocycles. The van der Waals surface area contributed by atoms with Gasteiger partial charge in [-0.15, -0.1) is 0 Å². The fraction of sp³-hybridized carbons (Fsp3) is 0.182. The van der Waals surface area contributed by atoms with E-state index in [2.05, 4.69) is 16.6 Å². The van der Waals surface area contributed by atoms with Gasteiger partial charge in [-0.05, 0) is 12.1 Å². The molecule has 0 fully saturated rings.